The van der Waals surface area contributed by atoms with Gasteiger partial charge in [-0.2, -0.15) is 0 Å². The molecule has 2 rings (SSSR count). The molecular formula is C14H19NS2. The van der Waals surface area contributed by atoms with E-state index in [1.165, 1.54) is 25.8 Å². The van der Waals surface area contributed by atoms with Crippen molar-refractivity contribution in [3.05, 3.63) is 43.3 Å². The lowest BCUT2D eigenvalue weighted by Gasteiger charge is -2.16. The van der Waals surface area contributed by atoms with E-state index in [9.17, 15) is 0 Å². The molecule has 92 valence electrons. The molecule has 0 aliphatic rings. The van der Waals surface area contributed by atoms with Crippen LogP contribution in [0.1, 0.15) is 38.7 Å². The Bertz CT molecular complexity index is 477. The molecule has 2 aromatic rings. The van der Waals surface area contributed by atoms with Crippen LogP contribution in [0, 0.1) is 20.8 Å². The van der Waals surface area contributed by atoms with Gasteiger partial charge >= 0.3 is 0 Å². The zero-order valence-electron chi connectivity index (χ0n) is 10.8. The van der Waals surface area contributed by atoms with Gasteiger partial charge in [-0.25, -0.2) is 0 Å². The molecule has 0 bridgehead atoms. The quantitative estimate of drug-likeness (QED) is 0.862. The molecule has 0 saturated carbocycles. The second-order valence-corrected chi connectivity index (χ2v) is 6.72. The first kappa shape index (κ1) is 12.8. The van der Waals surface area contributed by atoms with Gasteiger partial charge in [-0.15, -0.1) is 22.7 Å². The molecule has 0 saturated heterocycles. The van der Waals surface area contributed by atoms with Crippen molar-refractivity contribution in [2.24, 2.45) is 0 Å². The van der Waals surface area contributed by atoms with Gasteiger partial charge in [0.25, 0.3) is 0 Å². The van der Waals surface area contributed by atoms with E-state index in [-0.39, 0.29) is 0 Å². The Kier molecular flexibility index (Phi) is 4.02. The monoisotopic (exact) mass is 265 g/mol. The minimum absolute atomic E-state index is 0.364. The maximum Gasteiger partial charge on any atom is 0.0681 e. The lowest BCUT2D eigenvalue weighted by Crippen LogP contribution is -2.21. The van der Waals surface area contributed by atoms with Crippen LogP contribution >= 0.6 is 22.7 Å². The fourth-order valence-corrected chi connectivity index (χ4v) is 3.88. The first-order valence-electron chi connectivity index (χ1n) is 5.97. The van der Waals surface area contributed by atoms with Gasteiger partial charge in [0.1, 0.15) is 0 Å². The van der Waals surface area contributed by atoms with Crippen molar-refractivity contribution in [3.63, 3.8) is 0 Å². The highest BCUT2D eigenvalue weighted by Crippen LogP contribution is 2.33. The molecule has 0 radical (unpaired) electrons. The van der Waals surface area contributed by atoms with E-state index in [4.69, 9.17) is 0 Å². The molecule has 1 N–H and O–H groups in total. The molecular weight excluding hydrogens is 246 g/mol. The summed E-state index contributed by atoms with van der Waals surface area (Å²) in [4.78, 5) is 4.28. The predicted molar refractivity (Wildman–Crippen MR) is 78.4 cm³/mol. The number of rotatable bonds is 4. The van der Waals surface area contributed by atoms with Crippen LogP contribution in [-0.4, -0.2) is 6.54 Å². The summed E-state index contributed by atoms with van der Waals surface area (Å²) in [6, 6.07) is 4.94. The van der Waals surface area contributed by atoms with Crippen LogP contribution in [0.25, 0.3) is 0 Å². The fraction of sp³-hybridized carbons (Fsp3) is 0.429. The minimum Gasteiger partial charge on any atom is -0.306 e. The standard InChI is InChI=1S/C14H19NS2/c1-5-15-14(12-6-7-16-11(12)4)13-8-9(2)10(3)17-13/h6-8,14-15H,5H2,1-4H3. The largest absolute Gasteiger partial charge is 0.306 e. The average molecular weight is 265 g/mol. The van der Waals surface area contributed by atoms with Crippen molar-refractivity contribution in [1.82, 2.24) is 5.32 Å². The maximum atomic E-state index is 3.60. The van der Waals surface area contributed by atoms with Gasteiger partial charge in [0.15, 0.2) is 0 Å². The molecule has 0 aliphatic carbocycles. The molecule has 0 amide bonds. The Morgan fingerprint density at radius 2 is 2.00 bits per heavy atom. The third-order valence-corrected chi connectivity index (χ3v) is 5.17. The van der Waals surface area contributed by atoms with Gasteiger partial charge in [-0.1, -0.05) is 6.92 Å². The molecule has 1 unspecified atom stereocenters. The topological polar surface area (TPSA) is 12.0 Å². The van der Waals surface area contributed by atoms with Gasteiger partial charge in [-0.3, -0.25) is 0 Å². The van der Waals surface area contributed by atoms with Crippen molar-refractivity contribution < 1.29 is 0 Å². The van der Waals surface area contributed by atoms with Gasteiger partial charge in [-0.05, 0) is 56.0 Å². The summed E-state index contributed by atoms with van der Waals surface area (Å²) in [6.07, 6.45) is 0. The van der Waals surface area contributed by atoms with Crippen LogP contribution in [-0.2, 0) is 0 Å². The van der Waals surface area contributed by atoms with Gasteiger partial charge in [0, 0.05) is 14.6 Å². The molecule has 2 heterocycles. The molecule has 1 atom stereocenters. The zero-order chi connectivity index (χ0) is 12.4. The van der Waals surface area contributed by atoms with Crippen molar-refractivity contribution >= 4 is 22.7 Å². The third kappa shape index (κ3) is 2.62. The van der Waals surface area contributed by atoms with Crippen LogP contribution in [0.5, 0.6) is 0 Å². The molecule has 2 aromatic heterocycles. The van der Waals surface area contributed by atoms with Crippen LogP contribution in [0.2, 0.25) is 0 Å². The van der Waals surface area contributed by atoms with E-state index < -0.39 is 0 Å². The summed E-state index contributed by atoms with van der Waals surface area (Å²) in [7, 11) is 0. The minimum atomic E-state index is 0.364. The Morgan fingerprint density at radius 3 is 2.47 bits per heavy atom. The van der Waals surface area contributed by atoms with Gasteiger partial charge in [0.05, 0.1) is 6.04 Å². The zero-order valence-corrected chi connectivity index (χ0v) is 12.5. The van der Waals surface area contributed by atoms with E-state index in [0.29, 0.717) is 6.04 Å². The summed E-state index contributed by atoms with van der Waals surface area (Å²) >= 11 is 3.74. The van der Waals surface area contributed by atoms with Crippen LogP contribution in [0.4, 0.5) is 0 Å². The van der Waals surface area contributed by atoms with Crippen molar-refractivity contribution in [2.75, 3.05) is 6.54 Å². The Morgan fingerprint density at radius 1 is 1.24 bits per heavy atom. The summed E-state index contributed by atoms with van der Waals surface area (Å²) < 4.78 is 0. The predicted octanol–water partition coefficient (Wildman–Crippen LogP) is 4.43. The van der Waals surface area contributed by atoms with E-state index in [1.54, 1.807) is 0 Å². The van der Waals surface area contributed by atoms with Crippen molar-refractivity contribution in [3.8, 4) is 0 Å². The first-order valence-corrected chi connectivity index (χ1v) is 7.67. The Balaban J connectivity index is 2.39. The number of nitrogens with one attached hydrogen (secondary N) is 1. The lowest BCUT2D eigenvalue weighted by atomic mass is 10.1. The highest BCUT2D eigenvalue weighted by Gasteiger charge is 2.18. The highest BCUT2D eigenvalue weighted by molar-refractivity contribution is 7.12. The third-order valence-electron chi connectivity index (χ3n) is 3.09. The molecule has 0 fully saturated rings. The molecule has 0 aromatic carbocycles. The number of hydrogen-bond donors (Lipinski definition) is 1. The summed E-state index contributed by atoms with van der Waals surface area (Å²) in [5.74, 6) is 0. The SMILES string of the molecule is CCNC(c1cc(C)c(C)s1)c1ccsc1C. The Hall–Kier alpha value is -0.640. The van der Waals surface area contributed by atoms with E-state index in [1.807, 2.05) is 22.7 Å². The number of aryl methyl sites for hydroxylation is 3. The molecule has 3 heteroatoms. The number of hydrogen-bond acceptors (Lipinski definition) is 3. The maximum absolute atomic E-state index is 3.60. The number of thiophene rings is 2. The summed E-state index contributed by atoms with van der Waals surface area (Å²) in [5.41, 5.74) is 2.83. The Labute approximate surface area is 112 Å². The van der Waals surface area contributed by atoms with Crippen LogP contribution < -0.4 is 5.32 Å². The second kappa shape index (κ2) is 5.34. The molecule has 0 spiro atoms. The lowest BCUT2D eigenvalue weighted by molar-refractivity contribution is 0.639. The van der Waals surface area contributed by atoms with E-state index in [2.05, 4.69) is 50.5 Å². The van der Waals surface area contributed by atoms with E-state index in [0.717, 1.165) is 6.54 Å². The van der Waals surface area contributed by atoms with Crippen molar-refractivity contribution in [1.29, 1.82) is 0 Å². The van der Waals surface area contributed by atoms with Crippen LogP contribution in [0.15, 0.2) is 17.5 Å². The van der Waals surface area contributed by atoms with E-state index >= 15 is 0 Å². The molecule has 0 aliphatic heterocycles. The fourth-order valence-electron chi connectivity index (χ4n) is 2.01. The van der Waals surface area contributed by atoms with Gasteiger partial charge < -0.3 is 5.32 Å². The molecule has 17 heavy (non-hydrogen) atoms. The molecule has 1 nitrogen and oxygen atoms in total. The highest BCUT2D eigenvalue weighted by atomic mass is 32.1. The van der Waals surface area contributed by atoms with Crippen molar-refractivity contribution in [2.45, 2.75) is 33.7 Å². The smallest absolute Gasteiger partial charge is 0.0681 e. The normalized spacial score (nSPS) is 12.9. The summed E-state index contributed by atoms with van der Waals surface area (Å²) in [6.45, 7) is 9.77. The summed E-state index contributed by atoms with van der Waals surface area (Å²) in [5, 5.41) is 5.78. The van der Waals surface area contributed by atoms with Crippen LogP contribution in [0.3, 0.4) is 0 Å². The second-order valence-electron chi connectivity index (χ2n) is 4.31. The average Bonchev–Trinajstić information content (AvgIpc) is 2.83. The van der Waals surface area contributed by atoms with Gasteiger partial charge in [0.2, 0.25) is 0 Å². The first-order chi connectivity index (χ1) is 8.13.